The van der Waals surface area contributed by atoms with E-state index in [1.165, 1.54) is 6.21 Å². The molecule has 1 heterocycles. The van der Waals surface area contributed by atoms with Crippen LogP contribution in [-0.2, 0) is 4.74 Å². The van der Waals surface area contributed by atoms with Gasteiger partial charge in [0.2, 0.25) is 0 Å². The highest BCUT2D eigenvalue weighted by molar-refractivity contribution is 6.30. The molecule has 0 saturated carbocycles. The molecule has 0 fully saturated rings. The molecule has 1 N–H and O–H groups in total. The maximum absolute atomic E-state index is 8.13. The highest BCUT2D eigenvalue weighted by Gasteiger charge is 1.86. The third-order valence-electron chi connectivity index (χ3n) is 1.69. The number of nitrogens with zero attached hydrogens (tertiary/aromatic N) is 1. The van der Waals surface area contributed by atoms with E-state index < -0.39 is 0 Å². The lowest BCUT2D eigenvalue weighted by Crippen LogP contribution is -1.82. The van der Waals surface area contributed by atoms with E-state index in [2.05, 4.69) is 5.16 Å². The smallest absolute Gasteiger partial charge is 0.106 e. The summed E-state index contributed by atoms with van der Waals surface area (Å²) < 4.78 is 4.80. The first-order valence-corrected chi connectivity index (χ1v) is 5.07. The van der Waals surface area contributed by atoms with Crippen molar-refractivity contribution in [3.8, 4) is 0 Å². The fraction of sp³-hybridized carbons (Fsp3) is 0.0833. The topological polar surface area (TPSA) is 41.8 Å². The molecule has 0 saturated heterocycles. The molecule has 0 unspecified atom stereocenters. The number of allylic oxidation sites excluding steroid dienone is 2. The van der Waals surface area contributed by atoms with Gasteiger partial charge in [0.05, 0.1) is 12.5 Å². The second kappa shape index (κ2) is 7.54. The van der Waals surface area contributed by atoms with E-state index in [1.807, 2.05) is 18.2 Å². The minimum atomic E-state index is 0.676. The molecule has 2 rings (SSSR count). The lowest BCUT2D eigenvalue weighted by molar-refractivity contribution is 0.286. The van der Waals surface area contributed by atoms with Crippen molar-refractivity contribution >= 4 is 17.8 Å². The van der Waals surface area contributed by atoms with Crippen LogP contribution in [0.4, 0.5) is 0 Å². The summed E-state index contributed by atoms with van der Waals surface area (Å²) in [5.74, 6) is 0. The van der Waals surface area contributed by atoms with Gasteiger partial charge in [0.1, 0.15) is 6.61 Å². The molecule has 1 aromatic carbocycles. The summed E-state index contributed by atoms with van der Waals surface area (Å²) >= 11 is 5.60. The molecule has 4 heteroatoms. The SMILES string of the molecule is C1=CCOC=C1.ON=Cc1ccc(Cl)cc1. The first-order valence-electron chi connectivity index (χ1n) is 4.69. The Morgan fingerprint density at radius 2 is 2.00 bits per heavy atom. The molecule has 0 aliphatic carbocycles. The van der Waals surface area contributed by atoms with Crippen LogP contribution < -0.4 is 0 Å². The Balaban J connectivity index is 0.000000181. The number of oxime groups is 1. The molecular formula is C12H12ClNO2. The first-order chi connectivity index (χ1) is 7.83. The fourth-order valence-electron chi connectivity index (χ4n) is 0.962. The first kappa shape index (κ1) is 12.3. The van der Waals surface area contributed by atoms with E-state index in [1.54, 1.807) is 30.5 Å². The van der Waals surface area contributed by atoms with Crippen LogP contribution in [0.1, 0.15) is 5.56 Å². The standard InChI is InChI=1S/C7H6ClNO.C5H6O/c8-7-3-1-6(2-4-7)5-9-10;1-2-4-6-5-3-1/h1-5,10H;1-4H,5H2. The van der Waals surface area contributed by atoms with Crippen molar-refractivity contribution in [3.63, 3.8) is 0 Å². The van der Waals surface area contributed by atoms with Crippen LogP contribution in [0.2, 0.25) is 5.02 Å². The molecule has 0 radical (unpaired) electrons. The van der Waals surface area contributed by atoms with Crippen molar-refractivity contribution in [1.82, 2.24) is 0 Å². The van der Waals surface area contributed by atoms with Crippen LogP contribution in [-0.4, -0.2) is 18.0 Å². The highest BCUT2D eigenvalue weighted by Crippen LogP contribution is 2.07. The van der Waals surface area contributed by atoms with Crippen molar-refractivity contribution in [2.45, 2.75) is 0 Å². The highest BCUT2D eigenvalue weighted by atomic mass is 35.5. The summed E-state index contributed by atoms with van der Waals surface area (Å²) in [5.41, 5.74) is 0.826. The maximum Gasteiger partial charge on any atom is 0.106 e. The molecule has 0 amide bonds. The zero-order valence-corrected chi connectivity index (χ0v) is 9.34. The van der Waals surface area contributed by atoms with E-state index >= 15 is 0 Å². The van der Waals surface area contributed by atoms with Crippen LogP contribution >= 0.6 is 11.6 Å². The Morgan fingerprint density at radius 3 is 2.38 bits per heavy atom. The molecule has 0 bridgehead atoms. The van der Waals surface area contributed by atoms with Crippen LogP contribution in [0.3, 0.4) is 0 Å². The summed E-state index contributed by atoms with van der Waals surface area (Å²) in [6, 6.07) is 7.00. The number of hydrogen-bond acceptors (Lipinski definition) is 3. The van der Waals surface area contributed by atoms with Crippen molar-refractivity contribution < 1.29 is 9.94 Å². The maximum atomic E-state index is 8.13. The van der Waals surface area contributed by atoms with Crippen LogP contribution in [0.25, 0.3) is 0 Å². The number of halogens is 1. The van der Waals surface area contributed by atoms with Gasteiger partial charge in [-0.3, -0.25) is 0 Å². The third-order valence-corrected chi connectivity index (χ3v) is 1.94. The van der Waals surface area contributed by atoms with Gasteiger partial charge in [-0.15, -0.1) is 0 Å². The molecule has 1 aliphatic heterocycles. The Hall–Kier alpha value is -1.74. The van der Waals surface area contributed by atoms with Crippen molar-refractivity contribution in [1.29, 1.82) is 0 Å². The largest absolute Gasteiger partial charge is 0.497 e. The third kappa shape index (κ3) is 5.22. The molecule has 1 aliphatic rings. The van der Waals surface area contributed by atoms with Gasteiger partial charge in [0.25, 0.3) is 0 Å². The molecule has 0 spiro atoms. The van der Waals surface area contributed by atoms with Crippen molar-refractivity contribution in [3.05, 3.63) is 59.3 Å². The number of benzene rings is 1. The minimum Gasteiger partial charge on any atom is -0.497 e. The predicted molar refractivity (Wildman–Crippen MR) is 65.1 cm³/mol. The molecule has 1 aromatic rings. The second-order valence-corrected chi connectivity index (χ2v) is 3.32. The fourth-order valence-corrected chi connectivity index (χ4v) is 1.09. The summed E-state index contributed by atoms with van der Waals surface area (Å²) in [7, 11) is 0. The van der Waals surface area contributed by atoms with Gasteiger partial charge in [-0.05, 0) is 29.8 Å². The minimum absolute atomic E-state index is 0.676. The number of rotatable bonds is 1. The molecule has 3 nitrogen and oxygen atoms in total. The normalized spacial score (nSPS) is 13.1. The van der Waals surface area contributed by atoms with E-state index in [4.69, 9.17) is 21.5 Å². The van der Waals surface area contributed by atoms with Gasteiger partial charge >= 0.3 is 0 Å². The van der Waals surface area contributed by atoms with Crippen molar-refractivity contribution in [2.75, 3.05) is 6.61 Å². The van der Waals surface area contributed by atoms with E-state index in [0.717, 1.165) is 12.2 Å². The number of ether oxygens (including phenoxy) is 1. The predicted octanol–water partition coefficient (Wildman–Crippen LogP) is 3.23. The second-order valence-electron chi connectivity index (χ2n) is 2.89. The molecule has 16 heavy (non-hydrogen) atoms. The van der Waals surface area contributed by atoms with Gasteiger partial charge in [-0.2, -0.15) is 0 Å². The van der Waals surface area contributed by atoms with Gasteiger partial charge in [-0.25, -0.2) is 0 Å². The molecule has 84 valence electrons. The summed E-state index contributed by atoms with van der Waals surface area (Å²) in [5, 5.41) is 11.7. The lowest BCUT2D eigenvalue weighted by atomic mass is 10.2. The van der Waals surface area contributed by atoms with E-state index in [0.29, 0.717) is 5.02 Å². The average Bonchev–Trinajstić information content (AvgIpc) is 2.35. The molecular weight excluding hydrogens is 226 g/mol. The summed E-state index contributed by atoms with van der Waals surface area (Å²) in [6.07, 6.45) is 8.81. The van der Waals surface area contributed by atoms with E-state index in [-0.39, 0.29) is 0 Å². The van der Waals surface area contributed by atoms with Gasteiger partial charge in [0, 0.05) is 5.02 Å². The Labute approximate surface area is 99.3 Å². The monoisotopic (exact) mass is 237 g/mol. The van der Waals surface area contributed by atoms with Crippen LogP contribution in [0, 0.1) is 0 Å². The number of hydrogen-bond donors (Lipinski definition) is 1. The van der Waals surface area contributed by atoms with Gasteiger partial charge in [-0.1, -0.05) is 35.0 Å². The Morgan fingerprint density at radius 1 is 1.25 bits per heavy atom. The zero-order valence-electron chi connectivity index (χ0n) is 8.58. The Kier molecular flexibility index (Phi) is 5.81. The average molecular weight is 238 g/mol. The summed E-state index contributed by atoms with van der Waals surface area (Å²) in [4.78, 5) is 0. The molecule has 0 aromatic heterocycles. The van der Waals surface area contributed by atoms with Gasteiger partial charge in [0.15, 0.2) is 0 Å². The Bertz CT molecular complexity index is 371. The van der Waals surface area contributed by atoms with Crippen LogP contribution in [0.5, 0.6) is 0 Å². The van der Waals surface area contributed by atoms with Gasteiger partial charge < -0.3 is 9.94 Å². The van der Waals surface area contributed by atoms with Crippen molar-refractivity contribution in [2.24, 2.45) is 5.16 Å². The quantitative estimate of drug-likeness (QED) is 0.463. The summed E-state index contributed by atoms with van der Waals surface area (Å²) in [6.45, 7) is 0.733. The zero-order chi connectivity index (χ0) is 11.6. The van der Waals surface area contributed by atoms with E-state index in [9.17, 15) is 0 Å². The van der Waals surface area contributed by atoms with Crippen LogP contribution in [0.15, 0.2) is 53.9 Å². The molecule has 0 atom stereocenters. The lowest BCUT2D eigenvalue weighted by Gasteiger charge is -1.94.